The zero-order valence-corrected chi connectivity index (χ0v) is 13.9. The normalized spacial score (nSPS) is 30.7. The van der Waals surface area contributed by atoms with Crippen molar-refractivity contribution in [3.05, 3.63) is 35.9 Å². The highest BCUT2D eigenvalue weighted by Crippen LogP contribution is 2.31. The van der Waals surface area contributed by atoms with E-state index in [9.17, 15) is 28.9 Å². The van der Waals surface area contributed by atoms with Crippen molar-refractivity contribution < 1.29 is 43.1 Å². The van der Waals surface area contributed by atoms with Gasteiger partial charge in [0.2, 0.25) is 0 Å². The Morgan fingerprint density at radius 3 is 2.42 bits per heavy atom. The van der Waals surface area contributed by atoms with Crippen LogP contribution >= 0.6 is 0 Å². The standard InChI is InChI=1S/C16H21F2NO7/c1-24-14-12(22)11(21)10(20)9(26-14)7-25-15(23)16(17,18)13(19)8-5-3-2-4-6-8/h2-6,9-14,20-22H,7,19H2,1H3/t9-,10-,11+,12+,13+,14+/m1/s1. The highest BCUT2D eigenvalue weighted by molar-refractivity contribution is 5.78. The van der Waals surface area contributed by atoms with Gasteiger partial charge >= 0.3 is 11.9 Å². The molecule has 0 amide bonds. The first-order valence-corrected chi connectivity index (χ1v) is 7.78. The summed E-state index contributed by atoms with van der Waals surface area (Å²) in [6.07, 6.45) is -7.56. The van der Waals surface area contributed by atoms with Gasteiger partial charge in [-0.1, -0.05) is 30.3 Å². The molecule has 10 heteroatoms. The molecular formula is C16H21F2NO7. The molecule has 0 aliphatic carbocycles. The van der Waals surface area contributed by atoms with Crippen LogP contribution in [0.5, 0.6) is 0 Å². The SMILES string of the molecule is CO[C@H]1O[C@H](COC(=O)C(F)(F)[C@@H](N)c2ccccc2)[C@@H](O)[C@H](O)[C@@H]1O. The Labute approximate surface area is 148 Å². The topological polar surface area (TPSA) is 131 Å². The second-order valence-electron chi connectivity index (χ2n) is 5.86. The summed E-state index contributed by atoms with van der Waals surface area (Å²) in [4.78, 5) is 11.8. The maximum atomic E-state index is 14.2. The fraction of sp³-hybridized carbons (Fsp3) is 0.562. The summed E-state index contributed by atoms with van der Waals surface area (Å²) < 4.78 is 42.8. The van der Waals surface area contributed by atoms with E-state index in [2.05, 4.69) is 4.74 Å². The van der Waals surface area contributed by atoms with Crippen LogP contribution in [0.25, 0.3) is 0 Å². The van der Waals surface area contributed by atoms with Crippen molar-refractivity contribution in [3.8, 4) is 0 Å². The van der Waals surface area contributed by atoms with E-state index in [1.165, 1.54) is 31.4 Å². The van der Waals surface area contributed by atoms with Crippen LogP contribution in [0.1, 0.15) is 11.6 Å². The van der Waals surface area contributed by atoms with Crippen molar-refractivity contribution in [1.29, 1.82) is 0 Å². The average molecular weight is 377 g/mol. The van der Waals surface area contributed by atoms with E-state index in [0.29, 0.717) is 0 Å². The monoisotopic (exact) mass is 377 g/mol. The van der Waals surface area contributed by atoms with Crippen LogP contribution in [-0.4, -0.2) is 71.6 Å². The molecule has 0 radical (unpaired) electrons. The lowest BCUT2D eigenvalue weighted by atomic mass is 9.99. The zero-order valence-electron chi connectivity index (χ0n) is 13.9. The number of alkyl halides is 2. The van der Waals surface area contributed by atoms with E-state index in [0.717, 1.165) is 0 Å². The van der Waals surface area contributed by atoms with Crippen molar-refractivity contribution in [2.45, 2.75) is 42.7 Å². The molecule has 6 atom stereocenters. The number of benzene rings is 1. The Balaban J connectivity index is 2.00. The number of methoxy groups -OCH3 is 1. The fourth-order valence-corrected chi connectivity index (χ4v) is 2.50. The quantitative estimate of drug-likeness (QED) is 0.480. The first kappa shape index (κ1) is 20.6. The van der Waals surface area contributed by atoms with Gasteiger partial charge in [0, 0.05) is 7.11 Å². The summed E-state index contributed by atoms with van der Waals surface area (Å²) in [6, 6.07) is 5.38. The Kier molecular flexibility index (Phi) is 6.61. The molecule has 1 fully saturated rings. The molecule has 1 aromatic carbocycles. The van der Waals surface area contributed by atoms with Crippen LogP contribution < -0.4 is 5.73 Å². The molecule has 2 rings (SSSR count). The maximum absolute atomic E-state index is 14.2. The van der Waals surface area contributed by atoms with Gasteiger partial charge in [-0.3, -0.25) is 0 Å². The van der Waals surface area contributed by atoms with E-state index in [1.807, 2.05) is 0 Å². The highest BCUT2D eigenvalue weighted by Gasteiger charge is 2.49. The summed E-state index contributed by atoms with van der Waals surface area (Å²) in [7, 11) is 1.18. The Hall–Kier alpha value is -1.69. The van der Waals surface area contributed by atoms with Gasteiger partial charge in [0.25, 0.3) is 0 Å². The summed E-state index contributed by atoms with van der Waals surface area (Å²) in [6.45, 7) is -0.791. The fourth-order valence-electron chi connectivity index (χ4n) is 2.50. The molecular weight excluding hydrogens is 356 g/mol. The minimum absolute atomic E-state index is 0.0430. The summed E-state index contributed by atoms with van der Waals surface area (Å²) in [5, 5.41) is 29.2. The van der Waals surface area contributed by atoms with Crippen LogP contribution in [0.3, 0.4) is 0 Å². The first-order valence-electron chi connectivity index (χ1n) is 7.78. The molecule has 0 unspecified atom stereocenters. The Morgan fingerprint density at radius 1 is 1.23 bits per heavy atom. The smallest absolute Gasteiger partial charge is 0.379 e. The predicted molar refractivity (Wildman–Crippen MR) is 83.0 cm³/mol. The molecule has 1 saturated heterocycles. The molecule has 5 N–H and O–H groups in total. The lowest BCUT2D eigenvalue weighted by molar-refractivity contribution is -0.296. The van der Waals surface area contributed by atoms with Crippen molar-refractivity contribution in [2.24, 2.45) is 5.73 Å². The average Bonchev–Trinajstić information content (AvgIpc) is 2.65. The Morgan fingerprint density at radius 2 is 1.85 bits per heavy atom. The number of carbonyl (C=O) groups excluding carboxylic acids is 1. The third-order valence-electron chi connectivity index (χ3n) is 4.10. The van der Waals surface area contributed by atoms with Crippen LogP contribution in [0, 0.1) is 0 Å². The minimum Gasteiger partial charge on any atom is -0.458 e. The molecule has 0 bridgehead atoms. The molecule has 0 spiro atoms. The highest BCUT2D eigenvalue weighted by atomic mass is 19.3. The summed E-state index contributed by atoms with van der Waals surface area (Å²) in [5.41, 5.74) is 5.51. The number of carbonyl (C=O) groups is 1. The maximum Gasteiger partial charge on any atom is 0.379 e. The number of esters is 1. The van der Waals surface area contributed by atoms with Crippen molar-refractivity contribution in [1.82, 2.24) is 0 Å². The zero-order chi connectivity index (χ0) is 19.5. The van der Waals surface area contributed by atoms with E-state index in [4.69, 9.17) is 15.2 Å². The molecule has 1 aromatic rings. The van der Waals surface area contributed by atoms with Gasteiger partial charge in [-0.15, -0.1) is 0 Å². The van der Waals surface area contributed by atoms with Gasteiger partial charge in [0.05, 0.1) is 0 Å². The van der Waals surface area contributed by atoms with E-state index >= 15 is 0 Å². The van der Waals surface area contributed by atoms with Gasteiger partial charge < -0.3 is 35.3 Å². The molecule has 1 aliphatic heterocycles. The van der Waals surface area contributed by atoms with Gasteiger partial charge in [-0.05, 0) is 5.56 Å². The largest absolute Gasteiger partial charge is 0.458 e. The van der Waals surface area contributed by atoms with E-state index in [1.54, 1.807) is 6.07 Å². The predicted octanol–water partition coefficient (Wildman–Crippen LogP) is -0.681. The van der Waals surface area contributed by atoms with E-state index < -0.39 is 55.2 Å². The number of hydrogen-bond acceptors (Lipinski definition) is 8. The Bertz CT molecular complexity index is 602. The van der Waals surface area contributed by atoms with Crippen LogP contribution in [0.2, 0.25) is 0 Å². The van der Waals surface area contributed by atoms with E-state index in [-0.39, 0.29) is 5.56 Å². The third kappa shape index (κ3) is 4.17. The molecule has 1 aliphatic rings. The minimum atomic E-state index is -4.03. The first-order chi connectivity index (χ1) is 12.2. The second kappa shape index (κ2) is 8.33. The number of aliphatic hydroxyl groups is 3. The number of rotatable bonds is 6. The molecule has 0 aromatic heterocycles. The van der Waals surface area contributed by atoms with Crippen molar-refractivity contribution >= 4 is 5.97 Å². The van der Waals surface area contributed by atoms with Crippen molar-refractivity contribution in [3.63, 3.8) is 0 Å². The number of hydrogen-bond donors (Lipinski definition) is 4. The number of aliphatic hydroxyl groups excluding tert-OH is 3. The lowest BCUT2D eigenvalue weighted by Gasteiger charge is -2.39. The number of ether oxygens (including phenoxy) is 3. The number of halogens is 2. The van der Waals surface area contributed by atoms with Crippen LogP contribution in [0.15, 0.2) is 30.3 Å². The summed E-state index contributed by atoms with van der Waals surface area (Å²) in [5.74, 6) is -5.93. The molecule has 26 heavy (non-hydrogen) atoms. The molecule has 146 valence electrons. The lowest BCUT2D eigenvalue weighted by Crippen LogP contribution is -2.59. The molecule has 0 saturated carbocycles. The van der Waals surface area contributed by atoms with Gasteiger partial charge in [0.15, 0.2) is 6.29 Å². The van der Waals surface area contributed by atoms with Crippen LogP contribution in [0.4, 0.5) is 8.78 Å². The number of nitrogens with two attached hydrogens (primary N) is 1. The van der Waals surface area contributed by atoms with Crippen LogP contribution in [-0.2, 0) is 19.0 Å². The second-order valence-corrected chi connectivity index (χ2v) is 5.86. The molecule has 1 heterocycles. The van der Waals surface area contributed by atoms with Crippen molar-refractivity contribution in [2.75, 3.05) is 13.7 Å². The third-order valence-corrected chi connectivity index (χ3v) is 4.10. The van der Waals surface area contributed by atoms with Gasteiger partial charge in [0.1, 0.15) is 37.1 Å². The summed E-state index contributed by atoms with van der Waals surface area (Å²) >= 11 is 0. The van der Waals surface area contributed by atoms with Gasteiger partial charge in [-0.25, -0.2) is 4.79 Å². The van der Waals surface area contributed by atoms with Gasteiger partial charge in [-0.2, -0.15) is 8.78 Å². The molecule has 8 nitrogen and oxygen atoms in total.